The van der Waals surface area contributed by atoms with Crippen molar-refractivity contribution < 1.29 is 0 Å². The minimum Gasteiger partial charge on any atom is -0.283 e. The molecule has 0 unspecified atom stereocenters. The van der Waals surface area contributed by atoms with Gasteiger partial charge in [-0.05, 0) is 35.9 Å². The summed E-state index contributed by atoms with van der Waals surface area (Å²) < 4.78 is 4.99. The van der Waals surface area contributed by atoms with Crippen LogP contribution in [0.3, 0.4) is 0 Å². The third-order valence-electron chi connectivity index (χ3n) is 3.61. The highest BCUT2D eigenvalue weighted by Crippen LogP contribution is 2.20. The van der Waals surface area contributed by atoms with Gasteiger partial charge in [0.2, 0.25) is 5.16 Å². The van der Waals surface area contributed by atoms with Crippen molar-refractivity contribution in [3.8, 4) is 11.4 Å². The molecule has 3 rings (SSSR count). The van der Waals surface area contributed by atoms with Gasteiger partial charge >= 0.3 is 0 Å². The lowest BCUT2D eigenvalue weighted by molar-refractivity contribution is 0.630. The van der Waals surface area contributed by atoms with Gasteiger partial charge in [0.15, 0.2) is 5.69 Å². The van der Waals surface area contributed by atoms with Crippen molar-refractivity contribution in [3.05, 3.63) is 46.4 Å². The van der Waals surface area contributed by atoms with Gasteiger partial charge in [0.05, 0.1) is 11.4 Å². The molecule has 0 bridgehead atoms. The summed E-state index contributed by atoms with van der Waals surface area (Å²) in [7, 11) is 1.86. The number of rotatable bonds is 5. The lowest BCUT2D eigenvalue weighted by Gasteiger charge is -2.07. The van der Waals surface area contributed by atoms with Crippen LogP contribution in [0.4, 0.5) is 0 Å². The van der Waals surface area contributed by atoms with Crippen LogP contribution in [0.15, 0.2) is 40.3 Å². The summed E-state index contributed by atoms with van der Waals surface area (Å²) in [5.74, 6) is 0.902. The predicted molar refractivity (Wildman–Crippen MR) is 89.5 cm³/mol. The van der Waals surface area contributed by atoms with Gasteiger partial charge in [-0.25, -0.2) is 4.68 Å². The second-order valence-electron chi connectivity index (χ2n) is 5.13. The molecule has 7 nitrogen and oxygen atoms in total. The number of tetrazole rings is 1. The Morgan fingerprint density at radius 3 is 2.65 bits per heavy atom. The van der Waals surface area contributed by atoms with E-state index < -0.39 is 0 Å². The Balaban J connectivity index is 2.16. The number of benzene rings is 1. The largest absolute Gasteiger partial charge is 0.297 e. The van der Waals surface area contributed by atoms with E-state index >= 15 is 0 Å². The first kappa shape index (κ1) is 15.5. The predicted octanol–water partition coefficient (Wildman–Crippen LogP) is 1.96. The molecule has 23 heavy (non-hydrogen) atoms. The Labute approximate surface area is 137 Å². The Bertz CT molecular complexity index is 864. The molecule has 0 aliphatic carbocycles. The molecule has 3 aromatic rings. The molecule has 0 radical (unpaired) electrons. The quantitative estimate of drug-likeness (QED) is 0.669. The number of hydrogen-bond donors (Lipinski definition) is 0. The molecule has 0 atom stereocenters. The van der Waals surface area contributed by atoms with Crippen LogP contribution in [0.5, 0.6) is 0 Å². The van der Waals surface area contributed by atoms with E-state index in [4.69, 9.17) is 0 Å². The molecule has 2 heterocycles. The zero-order valence-electron chi connectivity index (χ0n) is 13.3. The first-order valence-electron chi connectivity index (χ1n) is 7.40. The van der Waals surface area contributed by atoms with E-state index in [0.29, 0.717) is 10.8 Å². The van der Waals surface area contributed by atoms with E-state index in [1.807, 2.05) is 49.0 Å². The third kappa shape index (κ3) is 2.70. The standard InChI is InChI=1S/C15H18N6OS/c1-4-10-23-15-16-17-18-20(15)13-11(2)19(3)21(14(13)22)12-8-6-5-7-9-12/h5-9H,4,10H2,1-3H3. The van der Waals surface area contributed by atoms with Gasteiger partial charge < -0.3 is 0 Å². The molecule has 8 heteroatoms. The summed E-state index contributed by atoms with van der Waals surface area (Å²) in [5.41, 5.74) is 1.97. The number of aromatic nitrogens is 6. The highest BCUT2D eigenvalue weighted by Gasteiger charge is 2.21. The van der Waals surface area contributed by atoms with E-state index in [1.54, 1.807) is 16.4 Å². The number of thioether (sulfide) groups is 1. The van der Waals surface area contributed by atoms with E-state index in [1.165, 1.54) is 4.68 Å². The molecule has 120 valence electrons. The summed E-state index contributed by atoms with van der Waals surface area (Å²) in [6.07, 6.45) is 1.01. The molecule has 0 spiro atoms. The first-order chi connectivity index (χ1) is 11.1. The van der Waals surface area contributed by atoms with E-state index in [2.05, 4.69) is 22.4 Å². The van der Waals surface area contributed by atoms with Crippen LogP contribution < -0.4 is 5.56 Å². The highest BCUT2D eigenvalue weighted by atomic mass is 32.2. The van der Waals surface area contributed by atoms with Gasteiger partial charge in [0, 0.05) is 12.8 Å². The Morgan fingerprint density at radius 1 is 1.22 bits per heavy atom. The Morgan fingerprint density at radius 2 is 1.96 bits per heavy atom. The average Bonchev–Trinajstić information content (AvgIpc) is 3.09. The average molecular weight is 330 g/mol. The zero-order valence-corrected chi connectivity index (χ0v) is 14.1. The molecule has 1 aromatic carbocycles. The van der Waals surface area contributed by atoms with Crippen molar-refractivity contribution in [3.63, 3.8) is 0 Å². The lowest BCUT2D eigenvalue weighted by Crippen LogP contribution is -2.22. The molecular weight excluding hydrogens is 312 g/mol. The second kappa shape index (κ2) is 6.41. The number of nitrogens with zero attached hydrogens (tertiary/aromatic N) is 6. The number of para-hydroxylation sites is 1. The summed E-state index contributed by atoms with van der Waals surface area (Å²) in [5, 5.41) is 12.4. The van der Waals surface area contributed by atoms with Crippen LogP contribution in [0.25, 0.3) is 11.4 Å². The fraction of sp³-hybridized carbons (Fsp3) is 0.333. The highest BCUT2D eigenvalue weighted by molar-refractivity contribution is 7.99. The molecule has 0 aliphatic heterocycles. The smallest absolute Gasteiger partial charge is 0.283 e. The van der Waals surface area contributed by atoms with Crippen LogP contribution in [-0.2, 0) is 7.05 Å². The molecule has 0 aliphatic rings. The summed E-state index contributed by atoms with van der Waals surface area (Å²) in [6.45, 7) is 3.99. The van der Waals surface area contributed by atoms with E-state index in [0.717, 1.165) is 23.6 Å². The van der Waals surface area contributed by atoms with Gasteiger partial charge in [0.1, 0.15) is 0 Å². The van der Waals surface area contributed by atoms with E-state index in [9.17, 15) is 4.79 Å². The molecule has 0 saturated heterocycles. The molecular formula is C15H18N6OS. The van der Waals surface area contributed by atoms with E-state index in [-0.39, 0.29) is 5.56 Å². The second-order valence-corrected chi connectivity index (χ2v) is 6.19. The van der Waals surface area contributed by atoms with Crippen molar-refractivity contribution in [2.75, 3.05) is 5.75 Å². The van der Waals surface area contributed by atoms with Gasteiger partial charge in [-0.2, -0.15) is 4.68 Å². The lowest BCUT2D eigenvalue weighted by atomic mass is 10.3. The monoisotopic (exact) mass is 330 g/mol. The van der Waals surface area contributed by atoms with Crippen LogP contribution in [0.2, 0.25) is 0 Å². The van der Waals surface area contributed by atoms with Crippen LogP contribution in [0.1, 0.15) is 19.0 Å². The minimum absolute atomic E-state index is 0.137. The fourth-order valence-electron chi connectivity index (χ4n) is 2.40. The van der Waals surface area contributed by atoms with Gasteiger partial charge in [-0.3, -0.25) is 9.48 Å². The first-order valence-corrected chi connectivity index (χ1v) is 8.39. The van der Waals surface area contributed by atoms with Crippen molar-refractivity contribution in [1.82, 2.24) is 29.6 Å². The maximum absolute atomic E-state index is 13.0. The SMILES string of the molecule is CCCSc1nnnn1-c1c(C)n(C)n(-c2ccccc2)c1=O. The van der Waals surface area contributed by atoms with Crippen LogP contribution in [0, 0.1) is 6.92 Å². The Kier molecular flexibility index (Phi) is 4.33. The molecule has 0 fully saturated rings. The zero-order chi connectivity index (χ0) is 16.4. The summed E-state index contributed by atoms with van der Waals surface area (Å²) in [6, 6.07) is 9.53. The van der Waals surface area contributed by atoms with Crippen molar-refractivity contribution in [2.45, 2.75) is 25.4 Å². The van der Waals surface area contributed by atoms with Crippen molar-refractivity contribution >= 4 is 11.8 Å². The fourth-order valence-corrected chi connectivity index (χ4v) is 3.13. The maximum atomic E-state index is 13.0. The summed E-state index contributed by atoms with van der Waals surface area (Å²) >= 11 is 1.55. The van der Waals surface area contributed by atoms with Crippen LogP contribution in [-0.4, -0.2) is 35.3 Å². The summed E-state index contributed by atoms with van der Waals surface area (Å²) in [4.78, 5) is 13.0. The molecule has 0 amide bonds. The topological polar surface area (TPSA) is 70.5 Å². The van der Waals surface area contributed by atoms with Crippen LogP contribution >= 0.6 is 11.8 Å². The molecule has 0 N–H and O–H groups in total. The normalized spacial score (nSPS) is 11.1. The van der Waals surface area contributed by atoms with Crippen molar-refractivity contribution in [1.29, 1.82) is 0 Å². The minimum atomic E-state index is -0.137. The molecule has 0 saturated carbocycles. The molecule has 2 aromatic heterocycles. The maximum Gasteiger partial charge on any atom is 0.297 e. The third-order valence-corrected chi connectivity index (χ3v) is 4.74. The Hall–Kier alpha value is -2.35. The van der Waals surface area contributed by atoms with Gasteiger partial charge in [-0.1, -0.05) is 36.9 Å². The van der Waals surface area contributed by atoms with Gasteiger partial charge in [0.25, 0.3) is 5.56 Å². The van der Waals surface area contributed by atoms with Gasteiger partial charge in [-0.15, -0.1) is 5.10 Å². The number of hydrogen-bond acceptors (Lipinski definition) is 5. The van der Waals surface area contributed by atoms with Crippen molar-refractivity contribution in [2.24, 2.45) is 7.05 Å².